The summed E-state index contributed by atoms with van der Waals surface area (Å²) in [5.41, 5.74) is 0.262. The van der Waals surface area contributed by atoms with Crippen molar-refractivity contribution in [2.24, 2.45) is 4.99 Å². The van der Waals surface area contributed by atoms with E-state index in [0.717, 1.165) is 23.3 Å². The number of hydrogen-bond donors (Lipinski definition) is 1. The predicted octanol–water partition coefficient (Wildman–Crippen LogP) is 3.17. The molecule has 2 heterocycles. The zero-order valence-electron chi connectivity index (χ0n) is 12.7. The Hall–Kier alpha value is -2.34. The minimum absolute atomic E-state index is 0.313. The van der Waals surface area contributed by atoms with Crippen molar-refractivity contribution in [2.45, 2.75) is 18.3 Å². The van der Waals surface area contributed by atoms with Gasteiger partial charge in [0.2, 0.25) is 0 Å². The van der Waals surface area contributed by atoms with Crippen LogP contribution in [0.3, 0.4) is 0 Å². The highest BCUT2D eigenvalue weighted by molar-refractivity contribution is 6.02. The van der Waals surface area contributed by atoms with Crippen molar-refractivity contribution in [2.75, 3.05) is 13.1 Å². The normalized spacial score (nSPS) is 22.8. The van der Waals surface area contributed by atoms with Crippen LogP contribution >= 0.6 is 0 Å². The zero-order valence-corrected chi connectivity index (χ0v) is 12.7. The molecule has 0 radical (unpaired) electrons. The summed E-state index contributed by atoms with van der Waals surface area (Å²) in [5, 5.41) is 11.3. The largest absolute Gasteiger partial charge is 0.416 e. The molecule has 1 atom stereocenters. The molecule has 0 amide bonds. The second-order valence-electron chi connectivity index (χ2n) is 6.08. The van der Waals surface area contributed by atoms with Gasteiger partial charge in [-0.3, -0.25) is 4.99 Å². The first kappa shape index (κ1) is 15.2. The van der Waals surface area contributed by atoms with Crippen molar-refractivity contribution in [1.82, 2.24) is 4.90 Å². The molecule has 1 N–H and O–H groups in total. The van der Waals surface area contributed by atoms with Gasteiger partial charge in [-0.05, 0) is 17.7 Å². The smallest absolute Gasteiger partial charge is 0.366 e. The second kappa shape index (κ2) is 5.08. The van der Waals surface area contributed by atoms with E-state index in [-0.39, 0.29) is 0 Å². The molecule has 0 spiro atoms. The number of nitrogens with zero attached hydrogens (tertiary/aromatic N) is 2. The molecule has 24 heavy (non-hydrogen) atoms. The van der Waals surface area contributed by atoms with Crippen LogP contribution in [0.25, 0.3) is 0 Å². The fourth-order valence-electron chi connectivity index (χ4n) is 3.48. The number of fused-ring (bicyclic) bond motifs is 3. The lowest BCUT2D eigenvalue weighted by atomic mass is 9.86. The van der Waals surface area contributed by atoms with Crippen molar-refractivity contribution in [3.05, 3.63) is 70.8 Å². The van der Waals surface area contributed by atoms with Gasteiger partial charge in [0.15, 0.2) is 5.72 Å². The van der Waals surface area contributed by atoms with E-state index in [1.807, 2.05) is 24.3 Å². The maximum atomic E-state index is 12.8. The Balaban J connectivity index is 1.79. The summed E-state index contributed by atoms with van der Waals surface area (Å²) < 4.78 is 38.3. The predicted molar refractivity (Wildman–Crippen MR) is 83.6 cm³/mol. The topological polar surface area (TPSA) is 35.8 Å². The van der Waals surface area contributed by atoms with Gasteiger partial charge in [0.05, 0.1) is 12.1 Å². The van der Waals surface area contributed by atoms with Crippen molar-refractivity contribution in [1.29, 1.82) is 0 Å². The average Bonchev–Trinajstić information content (AvgIpc) is 3.05. The molecule has 2 aromatic rings. The van der Waals surface area contributed by atoms with Gasteiger partial charge in [-0.1, -0.05) is 36.4 Å². The number of amidine groups is 1. The van der Waals surface area contributed by atoms with Gasteiger partial charge in [0.25, 0.3) is 0 Å². The third-order valence-corrected chi connectivity index (χ3v) is 4.66. The number of rotatable bonds is 1. The molecule has 0 fully saturated rings. The first-order chi connectivity index (χ1) is 11.4. The van der Waals surface area contributed by atoms with Crippen LogP contribution in [0.5, 0.6) is 0 Å². The lowest BCUT2D eigenvalue weighted by molar-refractivity contribution is -0.137. The Morgan fingerprint density at radius 2 is 1.75 bits per heavy atom. The third kappa shape index (κ3) is 2.21. The Morgan fingerprint density at radius 1 is 1.04 bits per heavy atom. The zero-order chi connectivity index (χ0) is 16.9. The van der Waals surface area contributed by atoms with Crippen molar-refractivity contribution in [3.63, 3.8) is 0 Å². The number of aliphatic imine (C=N–C) groups is 1. The van der Waals surface area contributed by atoms with Crippen molar-refractivity contribution < 1.29 is 18.3 Å². The van der Waals surface area contributed by atoms with E-state index >= 15 is 0 Å². The molecule has 0 aromatic heterocycles. The molecule has 2 aliphatic rings. The summed E-state index contributed by atoms with van der Waals surface area (Å²) in [5.74, 6) is 0.708. The van der Waals surface area contributed by atoms with E-state index < -0.39 is 17.5 Å². The first-order valence-electron chi connectivity index (χ1n) is 7.70. The van der Waals surface area contributed by atoms with Crippen LogP contribution in [-0.2, 0) is 18.3 Å². The maximum Gasteiger partial charge on any atom is 0.416 e. The van der Waals surface area contributed by atoms with Crippen molar-refractivity contribution in [3.8, 4) is 0 Å². The molecule has 124 valence electrons. The first-order valence-corrected chi connectivity index (χ1v) is 7.70. The van der Waals surface area contributed by atoms with E-state index in [0.29, 0.717) is 30.9 Å². The number of benzene rings is 2. The highest BCUT2D eigenvalue weighted by Gasteiger charge is 2.45. The summed E-state index contributed by atoms with van der Waals surface area (Å²) in [6.07, 6.45) is -4.08. The van der Waals surface area contributed by atoms with E-state index in [1.54, 1.807) is 4.90 Å². The van der Waals surface area contributed by atoms with E-state index in [1.165, 1.54) is 12.1 Å². The Kier molecular flexibility index (Phi) is 3.22. The highest BCUT2D eigenvalue weighted by atomic mass is 19.4. The standard InChI is InChI=1S/C18H15F3N2O/c19-18(20,21)14-7-5-13(6-8-14)17(24)11-12-3-1-2-4-15(12)16-22-9-10-23(16)17/h1-8,24H,9-11H2. The Morgan fingerprint density at radius 3 is 2.46 bits per heavy atom. The molecule has 2 aliphatic heterocycles. The maximum absolute atomic E-state index is 12.8. The fraction of sp³-hybridized carbons (Fsp3) is 0.278. The minimum atomic E-state index is -4.39. The van der Waals surface area contributed by atoms with Gasteiger partial charge < -0.3 is 10.0 Å². The molecule has 6 heteroatoms. The van der Waals surface area contributed by atoms with Crippen molar-refractivity contribution >= 4 is 5.84 Å². The lowest BCUT2D eigenvalue weighted by Gasteiger charge is -2.43. The van der Waals surface area contributed by atoms with E-state index in [2.05, 4.69) is 4.99 Å². The number of halogens is 3. The van der Waals surface area contributed by atoms with Crippen LogP contribution in [-0.4, -0.2) is 28.9 Å². The van der Waals surface area contributed by atoms with Crippen LogP contribution in [0.2, 0.25) is 0 Å². The molecule has 0 bridgehead atoms. The molecule has 0 saturated carbocycles. The lowest BCUT2D eigenvalue weighted by Crippen LogP contribution is -2.53. The van der Waals surface area contributed by atoms with E-state index in [9.17, 15) is 18.3 Å². The number of aliphatic hydroxyl groups is 1. The van der Waals surface area contributed by atoms with Gasteiger partial charge in [0, 0.05) is 24.1 Å². The van der Waals surface area contributed by atoms with Crippen LogP contribution in [0.4, 0.5) is 13.2 Å². The number of alkyl halides is 3. The molecule has 1 unspecified atom stereocenters. The monoisotopic (exact) mass is 332 g/mol. The quantitative estimate of drug-likeness (QED) is 0.871. The molecule has 4 rings (SSSR count). The summed E-state index contributed by atoms with van der Waals surface area (Å²) >= 11 is 0. The Bertz CT molecular complexity index is 814. The highest BCUT2D eigenvalue weighted by Crippen LogP contribution is 2.39. The minimum Gasteiger partial charge on any atom is -0.366 e. The third-order valence-electron chi connectivity index (χ3n) is 4.66. The average molecular weight is 332 g/mol. The van der Waals surface area contributed by atoms with Crippen LogP contribution in [0.15, 0.2) is 53.5 Å². The summed E-state index contributed by atoms with van der Waals surface area (Å²) in [6, 6.07) is 12.4. The SMILES string of the molecule is OC1(c2ccc(C(F)(F)F)cc2)Cc2ccccc2C2=NCCN21. The molecule has 3 nitrogen and oxygen atoms in total. The number of hydrogen-bond acceptors (Lipinski definition) is 3. The van der Waals surface area contributed by atoms with Gasteiger partial charge in [-0.15, -0.1) is 0 Å². The fourth-order valence-corrected chi connectivity index (χ4v) is 3.48. The Labute approximate surface area is 137 Å². The van der Waals surface area contributed by atoms with Crippen LogP contribution in [0, 0.1) is 0 Å². The summed E-state index contributed by atoms with van der Waals surface area (Å²) in [4.78, 5) is 6.27. The van der Waals surface area contributed by atoms with Gasteiger partial charge in [-0.2, -0.15) is 13.2 Å². The molecular weight excluding hydrogens is 317 g/mol. The van der Waals surface area contributed by atoms with Gasteiger partial charge in [-0.25, -0.2) is 0 Å². The summed E-state index contributed by atoms with van der Waals surface area (Å²) in [7, 11) is 0. The molecular formula is C18H15F3N2O. The van der Waals surface area contributed by atoms with Gasteiger partial charge in [0.1, 0.15) is 5.84 Å². The second-order valence-corrected chi connectivity index (χ2v) is 6.08. The summed E-state index contributed by atoms with van der Waals surface area (Å²) in [6.45, 7) is 1.10. The van der Waals surface area contributed by atoms with Gasteiger partial charge >= 0.3 is 6.18 Å². The van der Waals surface area contributed by atoms with Crippen LogP contribution < -0.4 is 0 Å². The van der Waals surface area contributed by atoms with Crippen LogP contribution in [0.1, 0.15) is 22.3 Å². The molecule has 0 saturated heterocycles. The molecule has 0 aliphatic carbocycles. The molecule has 2 aromatic carbocycles. The van der Waals surface area contributed by atoms with E-state index in [4.69, 9.17) is 0 Å².